The number of para-hydroxylation sites is 1. The van der Waals surface area contributed by atoms with Gasteiger partial charge in [-0.2, -0.15) is 5.26 Å². The van der Waals surface area contributed by atoms with Crippen molar-refractivity contribution < 1.29 is 4.74 Å². The molecule has 0 aliphatic carbocycles. The number of hydrogen-bond acceptors (Lipinski definition) is 2. The van der Waals surface area contributed by atoms with Gasteiger partial charge in [0, 0.05) is 0 Å². The molecule has 2 rings (SSSR count). The average molecular weight is 244 g/mol. The lowest BCUT2D eigenvalue weighted by Crippen LogP contribution is -1.91. The third-order valence-electron chi connectivity index (χ3n) is 2.40. The molecule has 0 unspecified atom stereocenters. The summed E-state index contributed by atoms with van der Waals surface area (Å²) in [5.74, 6) is 1.08. The fraction of sp³-hybridized carbons (Fsp3) is 0.0714. The lowest BCUT2D eigenvalue weighted by Gasteiger charge is -2.09. The van der Waals surface area contributed by atoms with Gasteiger partial charge in [-0.05, 0) is 30.7 Å². The Labute approximate surface area is 105 Å². The van der Waals surface area contributed by atoms with Crippen molar-refractivity contribution in [3.63, 3.8) is 0 Å². The minimum absolute atomic E-state index is 0.526. The second-order valence-electron chi connectivity index (χ2n) is 3.59. The van der Waals surface area contributed by atoms with Crippen molar-refractivity contribution in [1.82, 2.24) is 0 Å². The van der Waals surface area contributed by atoms with E-state index in [0.717, 1.165) is 5.56 Å². The van der Waals surface area contributed by atoms with Crippen molar-refractivity contribution in [3.05, 3.63) is 58.6 Å². The summed E-state index contributed by atoms with van der Waals surface area (Å²) in [6.45, 7) is 1.87. The fourth-order valence-electron chi connectivity index (χ4n) is 1.52. The van der Waals surface area contributed by atoms with E-state index in [9.17, 15) is 0 Å². The van der Waals surface area contributed by atoms with Crippen LogP contribution in [0.15, 0.2) is 42.5 Å². The summed E-state index contributed by atoms with van der Waals surface area (Å²) in [6, 6.07) is 14.8. The Kier molecular flexibility index (Phi) is 3.32. The number of aryl methyl sites for hydroxylation is 1. The van der Waals surface area contributed by atoms with Gasteiger partial charge in [0.1, 0.15) is 17.6 Å². The van der Waals surface area contributed by atoms with Crippen LogP contribution in [0.2, 0.25) is 5.02 Å². The van der Waals surface area contributed by atoms with Crippen LogP contribution in [0.25, 0.3) is 0 Å². The predicted molar refractivity (Wildman–Crippen MR) is 67.4 cm³/mol. The maximum absolute atomic E-state index is 9.08. The zero-order valence-corrected chi connectivity index (χ0v) is 10.0. The van der Waals surface area contributed by atoms with E-state index in [1.54, 1.807) is 18.2 Å². The van der Waals surface area contributed by atoms with Gasteiger partial charge in [-0.1, -0.05) is 35.9 Å². The Morgan fingerprint density at radius 2 is 1.76 bits per heavy atom. The fourth-order valence-corrected chi connectivity index (χ4v) is 1.69. The quantitative estimate of drug-likeness (QED) is 0.787. The zero-order chi connectivity index (χ0) is 12.3. The van der Waals surface area contributed by atoms with Crippen molar-refractivity contribution in [2.75, 3.05) is 0 Å². The van der Waals surface area contributed by atoms with E-state index in [0.29, 0.717) is 22.1 Å². The first-order valence-electron chi connectivity index (χ1n) is 5.14. The molecule has 0 bridgehead atoms. The third-order valence-corrected chi connectivity index (χ3v) is 2.72. The van der Waals surface area contributed by atoms with Crippen LogP contribution in [0, 0.1) is 18.3 Å². The van der Waals surface area contributed by atoms with Crippen molar-refractivity contribution >= 4 is 11.6 Å². The van der Waals surface area contributed by atoms with Crippen LogP contribution in [0.1, 0.15) is 11.1 Å². The molecule has 0 spiro atoms. The summed E-state index contributed by atoms with van der Waals surface area (Å²) in [6.07, 6.45) is 0. The third kappa shape index (κ3) is 2.41. The average Bonchev–Trinajstić information content (AvgIpc) is 2.32. The monoisotopic (exact) mass is 243 g/mol. The first-order chi connectivity index (χ1) is 8.22. The molecular weight excluding hydrogens is 234 g/mol. The summed E-state index contributed by atoms with van der Waals surface area (Å²) in [5, 5.41) is 9.61. The van der Waals surface area contributed by atoms with Crippen LogP contribution in [0.5, 0.6) is 11.5 Å². The molecule has 0 fully saturated rings. The number of ether oxygens (including phenoxy) is 1. The first-order valence-corrected chi connectivity index (χ1v) is 5.52. The van der Waals surface area contributed by atoms with Crippen LogP contribution in [-0.4, -0.2) is 0 Å². The molecule has 0 heterocycles. The molecule has 2 nitrogen and oxygen atoms in total. The topological polar surface area (TPSA) is 33.0 Å². The maximum atomic E-state index is 9.08. The van der Waals surface area contributed by atoms with E-state index in [2.05, 4.69) is 6.07 Å². The molecule has 0 amide bonds. The SMILES string of the molecule is Cc1cccc(Oc2ccccc2Cl)c1C#N. The molecular formula is C14H10ClNO. The van der Waals surface area contributed by atoms with Crippen LogP contribution in [0.4, 0.5) is 0 Å². The Balaban J connectivity index is 2.41. The van der Waals surface area contributed by atoms with E-state index in [-0.39, 0.29) is 0 Å². The van der Waals surface area contributed by atoms with Crippen molar-refractivity contribution in [2.24, 2.45) is 0 Å². The molecule has 2 aromatic carbocycles. The summed E-state index contributed by atoms with van der Waals surface area (Å²) in [5.41, 5.74) is 1.42. The number of halogens is 1. The molecule has 0 atom stereocenters. The number of rotatable bonds is 2. The van der Waals surface area contributed by atoms with Gasteiger partial charge in [-0.25, -0.2) is 0 Å². The number of hydrogen-bond donors (Lipinski definition) is 0. The Hall–Kier alpha value is -1.98. The zero-order valence-electron chi connectivity index (χ0n) is 9.27. The smallest absolute Gasteiger partial charge is 0.146 e. The molecule has 3 heteroatoms. The lowest BCUT2D eigenvalue weighted by atomic mass is 10.1. The van der Waals surface area contributed by atoms with Gasteiger partial charge < -0.3 is 4.74 Å². The van der Waals surface area contributed by atoms with E-state index in [1.165, 1.54) is 0 Å². The maximum Gasteiger partial charge on any atom is 0.146 e. The van der Waals surface area contributed by atoms with Crippen LogP contribution < -0.4 is 4.74 Å². The van der Waals surface area contributed by atoms with E-state index in [1.807, 2.05) is 31.2 Å². The highest BCUT2D eigenvalue weighted by Crippen LogP contribution is 2.31. The normalized spacial score (nSPS) is 9.71. The second-order valence-corrected chi connectivity index (χ2v) is 4.00. The molecule has 0 saturated heterocycles. The molecule has 0 N–H and O–H groups in total. The van der Waals surface area contributed by atoms with Crippen molar-refractivity contribution in [2.45, 2.75) is 6.92 Å². The van der Waals surface area contributed by atoms with Crippen molar-refractivity contribution in [1.29, 1.82) is 5.26 Å². The molecule has 0 saturated carbocycles. The van der Waals surface area contributed by atoms with Crippen LogP contribution >= 0.6 is 11.6 Å². The van der Waals surface area contributed by atoms with Gasteiger partial charge in [0.2, 0.25) is 0 Å². The molecule has 84 valence electrons. The number of nitrogens with zero attached hydrogens (tertiary/aromatic N) is 1. The van der Waals surface area contributed by atoms with Gasteiger partial charge in [0.25, 0.3) is 0 Å². The standard InChI is InChI=1S/C14H10ClNO/c1-10-5-4-8-13(11(10)9-16)17-14-7-3-2-6-12(14)15/h2-8H,1H3. The first kappa shape index (κ1) is 11.5. The lowest BCUT2D eigenvalue weighted by molar-refractivity contribution is 0.481. The minimum atomic E-state index is 0.526. The predicted octanol–water partition coefficient (Wildman–Crippen LogP) is 4.31. The van der Waals surface area contributed by atoms with Crippen molar-refractivity contribution in [3.8, 4) is 17.6 Å². The highest BCUT2D eigenvalue weighted by Gasteiger charge is 2.08. The van der Waals surface area contributed by atoms with Gasteiger partial charge >= 0.3 is 0 Å². The van der Waals surface area contributed by atoms with Gasteiger partial charge in [0.15, 0.2) is 0 Å². The summed E-state index contributed by atoms with van der Waals surface area (Å²) in [4.78, 5) is 0. The molecule has 17 heavy (non-hydrogen) atoms. The van der Waals surface area contributed by atoms with Gasteiger partial charge in [0.05, 0.1) is 10.6 Å². The van der Waals surface area contributed by atoms with Crippen LogP contribution in [-0.2, 0) is 0 Å². The molecule has 0 aliphatic heterocycles. The molecule has 0 aromatic heterocycles. The second kappa shape index (κ2) is 4.90. The summed E-state index contributed by atoms with van der Waals surface area (Å²) < 4.78 is 5.66. The van der Waals surface area contributed by atoms with E-state index < -0.39 is 0 Å². The Morgan fingerprint density at radius 3 is 2.47 bits per heavy atom. The highest BCUT2D eigenvalue weighted by atomic mass is 35.5. The van der Waals surface area contributed by atoms with E-state index >= 15 is 0 Å². The molecule has 2 aromatic rings. The molecule has 0 radical (unpaired) electrons. The summed E-state index contributed by atoms with van der Waals surface area (Å²) in [7, 11) is 0. The number of nitriles is 1. The molecule has 0 aliphatic rings. The van der Waals surface area contributed by atoms with E-state index in [4.69, 9.17) is 21.6 Å². The highest BCUT2D eigenvalue weighted by molar-refractivity contribution is 6.32. The Bertz CT molecular complexity index is 587. The number of benzene rings is 2. The largest absolute Gasteiger partial charge is 0.454 e. The van der Waals surface area contributed by atoms with Crippen LogP contribution in [0.3, 0.4) is 0 Å². The summed E-state index contributed by atoms with van der Waals surface area (Å²) >= 11 is 6.00. The Morgan fingerprint density at radius 1 is 1.06 bits per heavy atom. The minimum Gasteiger partial charge on any atom is -0.454 e. The van der Waals surface area contributed by atoms with Gasteiger partial charge in [-0.3, -0.25) is 0 Å². The van der Waals surface area contributed by atoms with Gasteiger partial charge in [-0.15, -0.1) is 0 Å².